The Labute approximate surface area is 196 Å². The van der Waals surface area contributed by atoms with Gasteiger partial charge in [-0.15, -0.1) is 0 Å². The lowest BCUT2D eigenvalue weighted by Crippen LogP contribution is -2.35. The summed E-state index contributed by atoms with van der Waals surface area (Å²) in [6.45, 7) is 6.74. The molecule has 1 spiro atoms. The van der Waals surface area contributed by atoms with E-state index in [1.165, 1.54) is 44.3 Å². The zero-order chi connectivity index (χ0) is 22.5. The van der Waals surface area contributed by atoms with Crippen LogP contribution < -0.4 is 4.74 Å². The highest BCUT2D eigenvalue weighted by Crippen LogP contribution is 2.67. The highest BCUT2D eigenvalue weighted by molar-refractivity contribution is 6.17. The van der Waals surface area contributed by atoms with Crippen LogP contribution in [0.2, 0.25) is 0 Å². The third kappa shape index (κ3) is 2.20. The van der Waals surface area contributed by atoms with Gasteiger partial charge in [0.25, 0.3) is 0 Å². The quantitative estimate of drug-likeness (QED) is 0.271. The molecule has 0 N–H and O–H groups in total. The lowest BCUT2D eigenvalue weighted by Gasteiger charge is -2.38. The summed E-state index contributed by atoms with van der Waals surface area (Å²) in [7, 11) is 6.47. The molecule has 3 aliphatic rings. The van der Waals surface area contributed by atoms with E-state index in [9.17, 15) is 0 Å². The van der Waals surface area contributed by atoms with Crippen molar-refractivity contribution in [3.8, 4) is 16.9 Å². The number of fused-ring (bicyclic) bond motifs is 12. The second kappa shape index (κ2) is 6.20. The minimum absolute atomic E-state index is 0.216. The summed E-state index contributed by atoms with van der Waals surface area (Å²) >= 11 is 0. The second-order valence-electron chi connectivity index (χ2n) is 10.2. The molecule has 4 unspecified atom stereocenters. The van der Waals surface area contributed by atoms with E-state index >= 15 is 0 Å². The van der Waals surface area contributed by atoms with Crippen LogP contribution in [0.1, 0.15) is 54.5 Å². The molecule has 0 fully saturated rings. The summed E-state index contributed by atoms with van der Waals surface area (Å²) in [4.78, 5) is 0. The monoisotopic (exact) mass is 424 g/mol. The molecule has 4 atom stereocenters. The number of rotatable bonds is 0. The summed E-state index contributed by atoms with van der Waals surface area (Å²) < 4.78 is 6.50. The van der Waals surface area contributed by atoms with Gasteiger partial charge < -0.3 is 4.74 Å². The lowest BCUT2D eigenvalue weighted by molar-refractivity contribution is 0.226. The van der Waals surface area contributed by atoms with E-state index in [4.69, 9.17) is 12.6 Å². The first-order valence-electron chi connectivity index (χ1n) is 11.9. The fourth-order valence-electron chi connectivity index (χ4n) is 6.96. The minimum Gasteiger partial charge on any atom is -0.492 e. The first-order valence-corrected chi connectivity index (χ1v) is 11.9. The molecule has 33 heavy (non-hydrogen) atoms. The molecule has 4 aromatic rings. The Kier molecular flexibility index (Phi) is 3.61. The summed E-state index contributed by atoms with van der Waals surface area (Å²) in [5.41, 5.74) is 8.52. The van der Waals surface area contributed by atoms with Gasteiger partial charge in [-0.05, 0) is 57.5 Å². The highest BCUT2D eigenvalue weighted by atomic mass is 16.5. The van der Waals surface area contributed by atoms with Crippen LogP contribution in [0.25, 0.3) is 28.0 Å². The molecule has 0 bridgehead atoms. The predicted molar refractivity (Wildman–Crippen MR) is 137 cm³/mol. The van der Waals surface area contributed by atoms with Crippen LogP contribution in [0.4, 0.5) is 0 Å². The predicted octanol–water partition coefficient (Wildman–Crippen LogP) is 7.20. The van der Waals surface area contributed by atoms with Crippen molar-refractivity contribution < 1.29 is 4.74 Å². The normalized spacial score (nSPS) is 28.3. The largest absolute Gasteiger partial charge is 0.492 e. The van der Waals surface area contributed by atoms with E-state index < -0.39 is 5.50 Å². The van der Waals surface area contributed by atoms with Gasteiger partial charge in [0.15, 0.2) is 0 Å². The van der Waals surface area contributed by atoms with Gasteiger partial charge in [0, 0.05) is 10.9 Å². The number of ether oxygens (including phenoxy) is 1. The third-order valence-electron chi connectivity index (χ3n) is 8.43. The van der Waals surface area contributed by atoms with Crippen LogP contribution in [0.15, 0.2) is 78.9 Å². The molecule has 1 heterocycles. The van der Waals surface area contributed by atoms with Crippen molar-refractivity contribution in [2.45, 2.75) is 37.6 Å². The molecule has 0 saturated carbocycles. The molecule has 2 aliphatic carbocycles. The summed E-state index contributed by atoms with van der Waals surface area (Å²) in [5, 5.41) is 2.37. The number of hydrogen-bond donors (Lipinski definition) is 0. The van der Waals surface area contributed by atoms with Crippen LogP contribution in [0.5, 0.6) is 5.75 Å². The molecule has 0 aromatic heterocycles. The molecular formula is C31H25BO. The molecule has 2 radical (unpaired) electrons. The maximum Gasteiger partial charge on any atom is 0.137 e. The van der Waals surface area contributed by atoms with E-state index in [0.29, 0.717) is 11.8 Å². The summed E-state index contributed by atoms with van der Waals surface area (Å²) in [6.07, 6.45) is 4.23. The Morgan fingerprint density at radius 2 is 1.48 bits per heavy atom. The molecule has 1 aliphatic heterocycles. The Balaban J connectivity index is 1.74. The average Bonchev–Trinajstić information content (AvgIpc) is 3.26. The van der Waals surface area contributed by atoms with Crippen molar-refractivity contribution in [1.82, 2.24) is 0 Å². The van der Waals surface area contributed by atoms with Crippen LogP contribution in [-0.2, 0) is 5.41 Å². The first-order chi connectivity index (χ1) is 15.9. The zero-order valence-corrected chi connectivity index (χ0v) is 19.2. The second-order valence-corrected chi connectivity index (χ2v) is 10.2. The summed E-state index contributed by atoms with van der Waals surface area (Å²) in [5.74, 6) is 1.77. The van der Waals surface area contributed by atoms with Gasteiger partial charge in [0.05, 0.1) is 10.9 Å². The van der Waals surface area contributed by atoms with Crippen molar-refractivity contribution in [3.63, 3.8) is 0 Å². The molecule has 2 heteroatoms. The fraction of sp³-hybridized carbons (Fsp3) is 0.226. The molecule has 0 saturated heterocycles. The van der Waals surface area contributed by atoms with Crippen molar-refractivity contribution in [1.29, 1.82) is 0 Å². The Bertz CT molecular complexity index is 1510. The van der Waals surface area contributed by atoms with Crippen LogP contribution in [0, 0.1) is 5.92 Å². The van der Waals surface area contributed by atoms with Crippen LogP contribution in [0.3, 0.4) is 0 Å². The van der Waals surface area contributed by atoms with Crippen LogP contribution in [-0.4, -0.2) is 13.3 Å². The molecule has 1 nitrogen and oxygen atoms in total. The maximum atomic E-state index is 6.50. The van der Waals surface area contributed by atoms with E-state index in [0.717, 1.165) is 11.1 Å². The SMILES string of the molecule is [B]C1(C)C=Cc2c3c(c4ccccc4c2O1)-c1ccccc1C31c2ccccc2C(C)C1C. The first kappa shape index (κ1) is 19.2. The van der Waals surface area contributed by atoms with Gasteiger partial charge in [-0.2, -0.15) is 0 Å². The molecule has 0 amide bonds. The molecule has 4 aromatic carbocycles. The summed E-state index contributed by atoms with van der Waals surface area (Å²) in [6, 6.07) is 26.7. The molecule has 158 valence electrons. The topological polar surface area (TPSA) is 9.23 Å². The van der Waals surface area contributed by atoms with Crippen molar-refractivity contribution in [2.75, 3.05) is 0 Å². The third-order valence-corrected chi connectivity index (χ3v) is 8.43. The van der Waals surface area contributed by atoms with Crippen LogP contribution >= 0.6 is 0 Å². The minimum atomic E-state index is -0.824. The van der Waals surface area contributed by atoms with Gasteiger partial charge in [-0.3, -0.25) is 0 Å². The van der Waals surface area contributed by atoms with E-state index in [1.807, 2.05) is 13.0 Å². The van der Waals surface area contributed by atoms with Gasteiger partial charge in [0.2, 0.25) is 0 Å². The Morgan fingerprint density at radius 3 is 2.30 bits per heavy atom. The van der Waals surface area contributed by atoms with Gasteiger partial charge >= 0.3 is 0 Å². The van der Waals surface area contributed by atoms with E-state index in [2.05, 4.69) is 92.7 Å². The zero-order valence-electron chi connectivity index (χ0n) is 19.2. The molecule has 7 rings (SSSR count). The fourth-order valence-corrected chi connectivity index (χ4v) is 6.96. The molecular weight excluding hydrogens is 399 g/mol. The van der Waals surface area contributed by atoms with Gasteiger partial charge in [0.1, 0.15) is 13.6 Å². The average molecular weight is 424 g/mol. The smallest absolute Gasteiger partial charge is 0.137 e. The highest BCUT2D eigenvalue weighted by Gasteiger charge is 2.57. The lowest BCUT2D eigenvalue weighted by atomic mass is 9.65. The number of hydrogen-bond acceptors (Lipinski definition) is 1. The van der Waals surface area contributed by atoms with E-state index in [-0.39, 0.29) is 5.41 Å². The van der Waals surface area contributed by atoms with Gasteiger partial charge in [-0.25, -0.2) is 0 Å². The Morgan fingerprint density at radius 1 is 0.818 bits per heavy atom. The number of benzene rings is 4. The van der Waals surface area contributed by atoms with Crippen molar-refractivity contribution in [2.24, 2.45) is 5.92 Å². The van der Waals surface area contributed by atoms with Gasteiger partial charge in [-0.1, -0.05) is 98.8 Å². The van der Waals surface area contributed by atoms with E-state index in [1.54, 1.807) is 0 Å². The van der Waals surface area contributed by atoms with Crippen molar-refractivity contribution in [3.05, 3.63) is 107 Å². The standard InChI is InChI=1S/C31H25BO/c1-18-19(2)31(25-14-8-6-10-20(18)25)26-15-9-7-13-23(26)27-21-11-4-5-12-22(21)29-24(28(27)31)16-17-30(3,32)33-29/h4-19H,1-3H3. The Hall–Kier alpha value is -3.26. The van der Waals surface area contributed by atoms with Crippen molar-refractivity contribution >= 4 is 24.7 Å². The maximum absolute atomic E-state index is 6.50.